The van der Waals surface area contributed by atoms with Crippen LogP contribution in [-0.2, 0) is 10.8 Å². The van der Waals surface area contributed by atoms with Gasteiger partial charge in [0.15, 0.2) is 4.21 Å². The average Bonchev–Trinajstić information content (AvgIpc) is 2.76. The van der Waals surface area contributed by atoms with E-state index in [2.05, 4.69) is 4.98 Å². The van der Waals surface area contributed by atoms with E-state index < -0.39 is 15.7 Å². The zero-order valence-electron chi connectivity index (χ0n) is 9.62. The molecule has 19 heavy (non-hydrogen) atoms. The molecular weight excluding hydrogens is 282 g/mol. The zero-order chi connectivity index (χ0) is 13.4. The summed E-state index contributed by atoms with van der Waals surface area (Å²) in [6, 6.07) is 13.1. The minimum absolute atomic E-state index is 0.153. The molecule has 0 saturated heterocycles. The molecule has 0 fully saturated rings. The second-order valence-corrected chi connectivity index (χ2v) is 6.59. The van der Waals surface area contributed by atoms with Crippen LogP contribution < -0.4 is 4.87 Å². The Morgan fingerprint density at radius 2 is 1.84 bits per heavy atom. The molecule has 1 unspecified atom stereocenters. The lowest BCUT2D eigenvalue weighted by Gasteiger charge is -2.02. The van der Waals surface area contributed by atoms with Crippen molar-refractivity contribution in [2.24, 2.45) is 0 Å². The predicted octanol–water partition coefficient (Wildman–Crippen LogP) is 2.46. The van der Waals surface area contributed by atoms with Crippen molar-refractivity contribution in [3.05, 3.63) is 52.1 Å². The van der Waals surface area contributed by atoms with E-state index in [0.29, 0.717) is 4.90 Å². The monoisotopic (exact) mass is 291 g/mol. The summed E-state index contributed by atoms with van der Waals surface area (Å²) in [6.07, 6.45) is 0. The molecule has 0 aliphatic rings. The Kier molecular flexibility index (Phi) is 2.96. The summed E-state index contributed by atoms with van der Waals surface area (Å²) in [7, 11) is -1.56. The summed E-state index contributed by atoms with van der Waals surface area (Å²) in [5, 5.41) is 11.6. The molecule has 1 aromatic heterocycles. The molecule has 4 nitrogen and oxygen atoms in total. The van der Waals surface area contributed by atoms with E-state index in [9.17, 15) is 14.1 Å². The molecule has 96 valence electrons. The Morgan fingerprint density at radius 3 is 2.53 bits per heavy atom. The van der Waals surface area contributed by atoms with E-state index in [1.807, 2.05) is 30.3 Å². The maximum absolute atomic E-state index is 12.3. The fraction of sp³-hybridized carbons (Fsp3) is 0. The molecule has 0 saturated carbocycles. The van der Waals surface area contributed by atoms with Crippen LogP contribution in [0, 0.1) is 0 Å². The quantitative estimate of drug-likeness (QED) is 0.762. The summed E-state index contributed by atoms with van der Waals surface area (Å²) in [4.78, 5) is 13.5. The number of thiazole rings is 1. The number of rotatable bonds is 2. The Morgan fingerprint density at radius 1 is 1.11 bits per heavy atom. The molecule has 0 bridgehead atoms. The Hall–Kier alpha value is -1.92. The number of hydrogen-bond donors (Lipinski definition) is 2. The summed E-state index contributed by atoms with van der Waals surface area (Å²) in [5.74, 6) is -0.318. The molecule has 3 aromatic rings. The summed E-state index contributed by atoms with van der Waals surface area (Å²) in [6.45, 7) is 0. The highest BCUT2D eigenvalue weighted by molar-refractivity contribution is 7.87. The standard InChI is InChI=1S/C13H9NO3S2/c15-11-12(18-13(16)14-11)19(17)10-6-5-8-3-1-2-4-9(8)7-10/h1-7,15H,(H,14,16). The molecule has 0 radical (unpaired) electrons. The third kappa shape index (κ3) is 2.20. The van der Waals surface area contributed by atoms with Crippen LogP contribution >= 0.6 is 11.3 Å². The highest BCUT2D eigenvalue weighted by Gasteiger charge is 2.16. The number of hydrogen-bond acceptors (Lipinski definition) is 4. The fourth-order valence-electron chi connectivity index (χ4n) is 1.82. The lowest BCUT2D eigenvalue weighted by Crippen LogP contribution is -1.90. The predicted molar refractivity (Wildman–Crippen MR) is 75.2 cm³/mol. The molecule has 0 aliphatic carbocycles. The van der Waals surface area contributed by atoms with Crippen LogP contribution in [0.3, 0.4) is 0 Å². The minimum atomic E-state index is -1.56. The first-order valence-corrected chi connectivity index (χ1v) is 7.44. The highest BCUT2D eigenvalue weighted by atomic mass is 32.2. The Balaban J connectivity index is 2.11. The summed E-state index contributed by atoms with van der Waals surface area (Å²) < 4.78 is 12.5. The van der Waals surface area contributed by atoms with Gasteiger partial charge in [0.05, 0.1) is 0 Å². The molecule has 2 N–H and O–H groups in total. The molecule has 1 heterocycles. The first kappa shape index (κ1) is 12.1. The van der Waals surface area contributed by atoms with Gasteiger partial charge in [0, 0.05) is 4.90 Å². The van der Waals surface area contributed by atoms with Crippen molar-refractivity contribution in [3.8, 4) is 5.88 Å². The van der Waals surface area contributed by atoms with E-state index in [4.69, 9.17) is 0 Å². The van der Waals surface area contributed by atoms with Crippen LogP contribution in [0.5, 0.6) is 5.88 Å². The number of aromatic nitrogens is 1. The molecule has 0 aliphatic heterocycles. The van der Waals surface area contributed by atoms with Crippen molar-refractivity contribution in [2.75, 3.05) is 0 Å². The third-order valence-corrected chi connectivity index (χ3v) is 5.29. The molecule has 2 aromatic carbocycles. The number of nitrogens with one attached hydrogen (secondary N) is 1. The van der Waals surface area contributed by atoms with Gasteiger partial charge in [0.2, 0.25) is 5.88 Å². The zero-order valence-corrected chi connectivity index (χ0v) is 11.3. The fourth-order valence-corrected chi connectivity index (χ4v) is 3.97. The normalized spacial score (nSPS) is 12.6. The maximum atomic E-state index is 12.3. The largest absolute Gasteiger partial charge is 0.493 e. The minimum Gasteiger partial charge on any atom is -0.493 e. The Bertz CT molecular complexity index is 835. The number of benzene rings is 2. The molecule has 0 amide bonds. The lowest BCUT2D eigenvalue weighted by molar-refractivity contribution is 0.444. The van der Waals surface area contributed by atoms with Gasteiger partial charge in [-0.1, -0.05) is 41.7 Å². The van der Waals surface area contributed by atoms with E-state index in [-0.39, 0.29) is 10.1 Å². The number of H-pyrrole nitrogens is 1. The molecular formula is C13H9NO3S2. The van der Waals surface area contributed by atoms with Crippen LogP contribution in [0.4, 0.5) is 0 Å². The van der Waals surface area contributed by atoms with Gasteiger partial charge in [-0.2, -0.15) is 0 Å². The topological polar surface area (TPSA) is 70.2 Å². The van der Waals surface area contributed by atoms with Crippen LogP contribution in [0.2, 0.25) is 0 Å². The average molecular weight is 291 g/mol. The van der Waals surface area contributed by atoms with Gasteiger partial charge in [-0.25, -0.2) is 4.21 Å². The number of aromatic hydroxyl groups is 1. The molecule has 1 atom stereocenters. The van der Waals surface area contributed by atoms with Crippen LogP contribution in [0.1, 0.15) is 0 Å². The van der Waals surface area contributed by atoms with Gasteiger partial charge in [0.25, 0.3) is 0 Å². The second-order valence-electron chi connectivity index (χ2n) is 3.93. The van der Waals surface area contributed by atoms with Gasteiger partial charge >= 0.3 is 4.87 Å². The van der Waals surface area contributed by atoms with Crippen molar-refractivity contribution in [3.63, 3.8) is 0 Å². The van der Waals surface area contributed by atoms with Crippen molar-refractivity contribution >= 4 is 32.9 Å². The van der Waals surface area contributed by atoms with Crippen molar-refractivity contribution in [2.45, 2.75) is 9.10 Å². The first-order valence-electron chi connectivity index (χ1n) is 5.48. The van der Waals surface area contributed by atoms with Crippen LogP contribution in [-0.4, -0.2) is 14.3 Å². The molecule has 6 heteroatoms. The van der Waals surface area contributed by atoms with Gasteiger partial charge in [-0.15, -0.1) is 0 Å². The van der Waals surface area contributed by atoms with Gasteiger partial charge in [-0.3, -0.25) is 9.78 Å². The highest BCUT2D eigenvalue weighted by Crippen LogP contribution is 2.27. The SMILES string of the molecule is O=c1[nH]c(O)c(S(=O)c2ccc3ccccc3c2)s1. The van der Waals surface area contributed by atoms with Crippen molar-refractivity contribution in [1.29, 1.82) is 0 Å². The van der Waals surface area contributed by atoms with E-state index in [0.717, 1.165) is 22.1 Å². The summed E-state index contributed by atoms with van der Waals surface area (Å²) in [5.41, 5.74) is 0. The van der Waals surface area contributed by atoms with E-state index >= 15 is 0 Å². The van der Waals surface area contributed by atoms with Crippen molar-refractivity contribution in [1.82, 2.24) is 4.98 Å². The van der Waals surface area contributed by atoms with Gasteiger partial charge in [0.1, 0.15) is 10.8 Å². The van der Waals surface area contributed by atoms with Crippen LogP contribution in [0.15, 0.2) is 56.4 Å². The van der Waals surface area contributed by atoms with Gasteiger partial charge < -0.3 is 5.11 Å². The third-order valence-electron chi connectivity index (χ3n) is 2.70. The lowest BCUT2D eigenvalue weighted by atomic mass is 10.1. The van der Waals surface area contributed by atoms with Crippen LogP contribution in [0.25, 0.3) is 10.8 Å². The Labute approximate surface area is 114 Å². The molecule has 0 spiro atoms. The second kappa shape index (κ2) is 4.64. The van der Waals surface area contributed by atoms with Gasteiger partial charge in [-0.05, 0) is 22.9 Å². The first-order chi connectivity index (χ1) is 9.15. The maximum Gasteiger partial charge on any atom is 0.308 e. The van der Waals surface area contributed by atoms with Crippen molar-refractivity contribution < 1.29 is 9.32 Å². The number of fused-ring (bicyclic) bond motifs is 1. The molecule has 3 rings (SSSR count). The number of aromatic amines is 1. The summed E-state index contributed by atoms with van der Waals surface area (Å²) >= 11 is 0.761. The smallest absolute Gasteiger partial charge is 0.308 e. The van der Waals surface area contributed by atoms with E-state index in [1.165, 1.54) is 0 Å². The van der Waals surface area contributed by atoms with E-state index in [1.54, 1.807) is 12.1 Å².